The van der Waals surface area contributed by atoms with Crippen LogP contribution in [0.1, 0.15) is 38.5 Å². The second-order valence-electron chi connectivity index (χ2n) is 5.03. The Morgan fingerprint density at radius 1 is 1.24 bits per heavy atom. The van der Waals surface area contributed by atoms with Crippen molar-refractivity contribution in [3.05, 3.63) is 0 Å². The lowest BCUT2D eigenvalue weighted by molar-refractivity contribution is -0.137. The van der Waals surface area contributed by atoms with Crippen LogP contribution in [0.4, 0.5) is 0 Å². The predicted molar refractivity (Wildman–Crippen MR) is 62.2 cm³/mol. The van der Waals surface area contributed by atoms with Crippen molar-refractivity contribution in [1.82, 2.24) is 10.2 Å². The molecule has 3 atom stereocenters. The minimum absolute atomic E-state index is 0.0502. The van der Waals surface area contributed by atoms with Crippen molar-refractivity contribution in [2.75, 3.05) is 7.05 Å². The van der Waals surface area contributed by atoms with Crippen LogP contribution >= 0.6 is 0 Å². The van der Waals surface area contributed by atoms with E-state index in [2.05, 4.69) is 5.32 Å². The highest BCUT2D eigenvalue weighted by Gasteiger charge is 2.38. The molecule has 1 aliphatic carbocycles. The summed E-state index contributed by atoms with van der Waals surface area (Å²) in [6.07, 6.45) is 4.72. The van der Waals surface area contributed by atoms with Crippen LogP contribution in [0.15, 0.2) is 0 Å². The highest BCUT2D eigenvalue weighted by Crippen LogP contribution is 2.20. The topological polar surface area (TPSA) is 69.6 Å². The maximum absolute atomic E-state index is 11.7. The molecule has 2 rings (SSSR count). The number of aliphatic hydroxyl groups excluding tert-OH is 1. The Balaban J connectivity index is 1.96. The smallest absolute Gasteiger partial charge is 0.246 e. The van der Waals surface area contributed by atoms with Crippen molar-refractivity contribution >= 4 is 11.8 Å². The SMILES string of the molecule is CN1C(=O)CC(NC2CCCCCC2O)C1=O. The third-order valence-electron chi connectivity index (χ3n) is 3.78. The molecule has 1 saturated heterocycles. The molecule has 96 valence electrons. The number of hydrogen-bond acceptors (Lipinski definition) is 4. The highest BCUT2D eigenvalue weighted by atomic mass is 16.3. The summed E-state index contributed by atoms with van der Waals surface area (Å²) in [5.74, 6) is -0.318. The third kappa shape index (κ3) is 2.66. The lowest BCUT2D eigenvalue weighted by Gasteiger charge is -2.24. The molecule has 1 saturated carbocycles. The maximum atomic E-state index is 11.7. The van der Waals surface area contributed by atoms with Crippen molar-refractivity contribution in [3.8, 4) is 0 Å². The Labute approximate surface area is 101 Å². The van der Waals surface area contributed by atoms with Crippen LogP contribution in [0, 0.1) is 0 Å². The average Bonchev–Trinajstić information content (AvgIpc) is 2.47. The zero-order chi connectivity index (χ0) is 12.4. The lowest BCUT2D eigenvalue weighted by Crippen LogP contribution is -2.48. The van der Waals surface area contributed by atoms with Crippen molar-refractivity contribution in [2.24, 2.45) is 0 Å². The van der Waals surface area contributed by atoms with Gasteiger partial charge in [0.15, 0.2) is 0 Å². The molecule has 1 heterocycles. The first-order valence-electron chi connectivity index (χ1n) is 6.34. The Morgan fingerprint density at radius 3 is 2.59 bits per heavy atom. The van der Waals surface area contributed by atoms with Crippen LogP contribution in [-0.4, -0.2) is 47.1 Å². The summed E-state index contributed by atoms with van der Waals surface area (Å²) < 4.78 is 0. The molecule has 0 bridgehead atoms. The van der Waals surface area contributed by atoms with Gasteiger partial charge in [0, 0.05) is 13.1 Å². The van der Waals surface area contributed by atoms with Gasteiger partial charge < -0.3 is 10.4 Å². The molecule has 3 unspecified atom stereocenters. The molecule has 2 amide bonds. The van der Waals surface area contributed by atoms with Gasteiger partial charge in [0.2, 0.25) is 11.8 Å². The first-order chi connectivity index (χ1) is 8.09. The number of aliphatic hydroxyl groups is 1. The minimum atomic E-state index is -0.440. The first-order valence-corrected chi connectivity index (χ1v) is 6.34. The van der Waals surface area contributed by atoms with E-state index in [1.54, 1.807) is 0 Å². The maximum Gasteiger partial charge on any atom is 0.246 e. The minimum Gasteiger partial charge on any atom is -0.392 e. The second kappa shape index (κ2) is 5.14. The van der Waals surface area contributed by atoms with E-state index in [-0.39, 0.29) is 24.3 Å². The molecule has 0 spiro atoms. The van der Waals surface area contributed by atoms with E-state index >= 15 is 0 Å². The van der Waals surface area contributed by atoms with Crippen molar-refractivity contribution in [3.63, 3.8) is 0 Å². The fourth-order valence-corrected chi connectivity index (χ4v) is 2.63. The van der Waals surface area contributed by atoms with Crippen molar-refractivity contribution in [1.29, 1.82) is 0 Å². The van der Waals surface area contributed by atoms with Crippen molar-refractivity contribution in [2.45, 2.75) is 56.7 Å². The predicted octanol–water partition coefficient (Wildman–Crippen LogP) is 0.0269. The number of imide groups is 1. The van der Waals surface area contributed by atoms with E-state index in [9.17, 15) is 14.7 Å². The molecule has 2 aliphatic rings. The van der Waals surface area contributed by atoms with Gasteiger partial charge in [0.05, 0.1) is 18.6 Å². The van der Waals surface area contributed by atoms with Gasteiger partial charge in [-0.05, 0) is 12.8 Å². The second-order valence-corrected chi connectivity index (χ2v) is 5.03. The number of carbonyl (C=O) groups excluding carboxylic acids is 2. The molecule has 5 heteroatoms. The molecule has 0 aromatic heterocycles. The van der Waals surface area contributed by atoms with E-state index in [0.29, 0.717) is 0 Å². The number of carbonyl (C=O) groups is 2. The Kier molecular flexibility index (Phi) is 3.79. The summed E-state index contributed by atoms with van der Waals surface area (Å²) >= 11 is 0. The molecular formula is C12H20N2O3. The summed E-state index contributed by atoms with van der Waals surface area (Å²) in [7, 11) is 1.51. The van der Waals surface area contributed by atoms with Gasteiger partial charge in [0.25, 0.3) is 0 Å². The largest absolute Gasteiger partial charge is 0.392 e. The molecule has 17 heavy (non-hydrogen) atoms. The van der Waals surface area contributed by atoms with E-state index in [1.165, 1.54) is 11.9 Å². The van der Waals surface area contributed by atoms with Crippen LogP contribution in [-0.2, 0) is 9.59 Å². The Bertz CT molecular complexity index is 319. The standard InChI is InChI=1S/C12H20N2O3/c1-14-11(16)7-9(12(14)17)13-8-5-3-2-4-6-10(8)15/h8-10,13,15H,2-7H2,1H3. The van der Waals surface area contributed by atoms with Crippen LogP contribution in [0.5, 0.6) is 0 Å². The number of likely N-dealkylation sites (tertiary alicyclic amines) is 1. The van der Waals surface area contributed by atoms with Gasteiger partial charge in [-0.2, -0.15) is 0 Å². The van der Waals surface area contributed by atoms with Gasteiger partial charge in [0.1, 0.15) is 0 Å². The van der Waals surface area contributed by atoms with Crippen molar-refractivity contribution < 1.29 is 14.7 Å². The normalized spacial score (nSPS) is 35.2. The molecule has 1 aliphatic heterocycles. The monoisotopic (exact) mass is 240 g/mol. The van der Waals surface area contributed by atoms with Crippen LogP contribution in [0.25, 0.3) is 0 Å². The van der Waals surface area contributed by atoms with Crippen LogP contribution in [0.3, 0.4) is 0 Å². The number of rotatable bonds is 2. The Hall–Kier alpha value is -0.940. The molecule has 0 aromatic carbocycles. The summed E-state index contributed by atoms with van der Waals surface area (Å²) in [5.41, 5.74) is 0. The molecule has 0 radical (unpaired) electrons. The number of hydrogen-bond donors (Lipinski definition) is 2. The van der Waals surface area contributed by atoms with Gasteiger partial charge in [-0.1, -0.05) is 19.3 Å². The molecule has 2 N–H and O–H groups in total. The zero-order valence-electron chi connectivity index (χ0n) is 10.2. The summed E-state index contributed by atoms with van der Waals surface area (Å²) in [6.45, 7) is 0. The quantitative estimate of drug-likeness (QED) is 0.527. The van der Waals surface area contributed by atoms with Crippen LogP contribution < -0.4 is 5.32 Å². The lowest BCUT2D eigenvalue weighted by atomic mass is 10.0. The van der Waals surface area contributed by atoms with E-state index in [0.717, 1.165) is 32.1 Å². The van der Waals surface area contributed by atoms with Gasteiger partial charge in [-0.15, -0.1) is 0 Å². The van der Waals surface area contributed by atoms with E-state index < -0.39 is 12.1 Å². The summed E-state index contributed by atoms with van der Waals surface area (Å²) in [6, 6.07) is -0.490. The summed E-state index contributed by atoms with van der Waals surface area (Å²) in [5, 5.41) is 13.1. The van der Waals surface area contributed by atoms with E-state index in [1.807, 2.05) is 0 Å². The highest BCUT2D eigenvalue weighted by molar-refractivity contribution is 6.05. The first kappa shape index (κ1) is 12.5. The van der Waals surface area contributed by atoms with E-state index in [4.69, 9.17) is 0 Å². The van der Waals surface area contributed by atoms with Gasteiger partial charge >= 0.3 is 0 Å². The van der Waals surface area contributed by atoms with Gasteiger partial charge in [-0.3, -0.25) is 14.5 Å². The number of nitrogens with one attached hydrogen (secondary N) is 1. The molecule has 2 fully saturated rings. The van der Waals surface area contributed by atoms with Crippen LogP contribution in [0.2, 0.25) is 0 Å². The third-order valence-corrected chi connectivity index (χ3v) is 3.78. The Morgan fingerprint density at radius 2 is 1.94 bits per heavy atom. The average molecular weight is 240 g/mol. The number of amides is 2. The number of likely N-dealkylation sites (N-methyl/N-ethyl adjacent to an activating group) is 1. The fraction of sp³-hybridized carbons (Fsp3) is 0.833. The van der Waals surface area contributed by atoms with Gasteiger partial charge in [-0.25, -0.2) is 0 Å². The summed E-state index contributed by atoms with van der Waals surface area (Å²) in [4.78, 5) is 24.3. The zero-order valence-corrected chi connectivity index (χ0v) is 10.2. The molecule has 0 aromatic rings. The number of nitrogens with zero attached hydrogens (tertiary/aromatic N) is 1. The molecule has 5 nitrogen and oxygen atoms in total. The molecular weight excluding hydrogens is 220 g/mol. The fourth-order valence-electron chi connectivity index (χ4n) is 2.63.